The number of nitrogens with zero attached hydrogens (tertiary/aromatic N) is 1. The normalized spacial score (nSPS) is 13.8. The third-order valence-electron chi connectivity index (χ3n) is 1.65. The van der Waals surface area contributed by atoms with E-state index in [0.717, 1.165) is 6.42 Å². The first kappa shape index (κ1) is 11.2. The molecule has 68 valence electrons. The second-order valence-electron chi connectivity index (χ2n) is 3.82. The monoisotopic (exact) mass is 165 g/mol. The number of rotatable bonds is 3. The van der Waals surface area contributed by atoms with Crippen LogP contribution in [0, 0.1) is 5.41 Å². The lowest BCUT2D eigenvalue weighted by atomic mass is 9.86. The Labute approximate surface area is 75.9 Å². The van der Waals surface area contributed by atoms with E-state index in [2.05, 4.69) is 45.5 Å². The fourth-order valence-corrected chi connectivity index (χ4v) is 0.977. The highest BCUT2D eigenvalue weighted by molar-refractivity contribution is 5.29. The topological polar surface area (TPSA) is 12.4 Å². The van der Waals surface area contributed by atoms with Crippen molar-refractivity contribution in [3.63, 3.8) is 0 Å². The molecule has 0 heterocycles. The van der Waals surface area contributed by atoms with Crippen molar-refractivity contribution in [1.82, 2.24) is 0 Å². The molecule has 0 saturated heterocycles. The SMILES string of the molecule is C=N/C=C\C(=C\CC)C(C)(C)C. The molecule has 0 fully saturated rings. The van der Waals surface area contributed by atoms with E-state index in [-0.39, 0.29) is 5.41 Å². The Balaban J connectivity index is 4.56. The first-order valence-corrected chi connectivity index (χ1v) is 4.35. The van der Waals surface area contributed by atoms with E-state index in [0.29, 0.717) is 0 Å². The van der Waals surface area contributed by atoms with Crippen molar-refractivity contribution < 1.29 is 0 Å². The molecule has 0 spiro atoms. The molecule has 0 saturated carbocycles. The molecule has 0 aromatic heterocycles. The third kappa shape index (κ3) is 4.12. The van der Waals surface area contributed by atoms with Gasteiger partial charge < -0.3 is 0 Å². The smallest absolute Gasteiger partial charge is 0.0263 e. The second-order valence-corrected chi connectivity index (χ2v) is 3.82. The Morgan fingerprint density at radius 3 is 2.33 bits per heavy atom. The van der Waals surface area contributed by atoms with Crippen molar-refractivity contribution in [3.8, 4) is 0 Å². The van der Waals surface area contributed by atoms with Crippen LogP contribution in [0.4, 0.5) is 0 Å². The lowest BCUT2D eigenvalue weighted by molar-refractivity contribution is 0.515. The summed E-state index contributed by atoms with van der Waals surface area (Å²) in [6.45, 7) is 12.1. The summed E-state index contributed by atoms with van der Waals surface area (Å²) >= 11 is 0. The Hall–Kier alpha value is -0.850. The van der Waals surface area contributed by atoms with Gasteiger partial charge in [-0.25, -0.2) is 0 Å². The zero-order valence-corrected chi connectivity index (χ0v) is 8.59. The molecule has 0 aliphatic carbocycles. The van der Waals surface area contributed by atoms with Gasteiger partial charge in [-0.2, -0.15) is 0 Å². The van der Waals surface area contributed by atoms with E-state index < -0.39 is 0 Å². The van der Waals surface area contributed by atoms with E-state index >= 15 is 0 Å². The molecule has 0 aliphatic rings. The van der Waals surface area contributed by atoms with Gasteiger partial charge in [-0.15, -0.1) is 0 Å². The van der Waals surface area contributed by atoms with Gasteiger partial charge in [0.2, 0.25) is 0 Å². The number of aliphatic imine (C=N–C) groups is 1. The Morgan fingerprint density at radius 1 is 1.42 bits per heavy atom. The maximum atomic E-state index is 3.70. The number of hydrogen-bond acceptors (Lipinski definition) is 1. The second kappa shape index (κ2) is 4.91. The molecule has 0 aromatic rings. The van der Waals surface area contributed by atoms with Crippen LogP contribution in [0.25, 0.3) is 0 Å². The van der Waals surface area contributed by atoms with Crippen LogP contribution in [0.1, 0.15) is 34.1 Å². The predicted octanol–water partition coefficient (Wildman–Crippen LogP) is 3.58. The Bertz CT molecular complexity index is 192. The quantitative estimate of drug-likeness (QED) is 0.447. The van der Waals surface area contributed by atoms with Crippen LogP contribution in [0.5, 0.6) is 0 Å². The maximum absolute atomic E-state index is 3.70. The average Bonchev–Trinajstić information content (AvgIpc) is 1.95. The maximum Gasteiger partial charge on any atom is 0.0263 e. The average molecular weight is 165 g/mol. The third-order valence-corrected chi connectivity index (χ3v) is 1.65. The summed E-state index contributed by atoms with van der Waals surface area (Å²) in [5.74, 6) is 0. The molecule has 1 nitrogen and oxygen atoms in total. The van der Waals surface area contributed by atoms with E-state index in [1.807, 2.05) is 6.08 Å². The molecule has 1 heteroatoms. The van der Waals surface area contributed by atoms with Gasteiger partial charge >= 0.3 is 0 Å². The minimum absolute atomic E-state index is 0.206. The van der Waals surface area contributed by atoms with Gasteiger partial charge in [0.15, 0.2) is 0 Å². The van der Waals surface area contributed by atoms with Gasteiger partial charge in [0.1, 0.15) is 0 Å². The lowest BCUT2D eigenvalue weighted by Gasteiger charge is -2.19. The molecule has 0 rings (SSSR count). The summed E-state index contributed by atoms with van der Waals surface area (Å²) in [7, 11) is 0. The molecule has 0 bridgehead atoms. The fourth-order valence-electron chi connectivity index (χ4n) is 0.977. The molecule has 0 aliphatic heterocycles. The minimum atomic E-state index is 0.206. The van der Waals surface area contributed by atoms with Gasteiger partial charge in [-0.05, 0) is 30.2 Å². The predicted molar refractivity (Wildman–Crippen MR) is 56.5 cm³/mol. The molecule has 0 atom stereocenters. The zero-order valence-electron chi connectivity index (χ0n) is 8.59. The van der Waals surface area contributed by atoms with Gasteiger partial charge in [-0.1, -0.05) is 33.8 Å². The molecule has 0 aromatic carbocycles. The lowest BCUT2D eigenvalue weighted by Crippen LogP contribution is -2.07. The first-order valence-electron chi connectivity index (χ1n) is 4.35. The van der Waals surface area contributed by atoms with Crippen LogP contribution >= 0.6 is 0 Å². The standard InChI is InChI=1S/C11H19N/c1-6-7-10(8-9-12-5)11(2,3)4/h7-9H,5-6H2,1-4H3/b9-8-,10-7-. The van der Waals surface area contributed by atoms with E-state index in [1.165, 1.54) is 5.57 Å². The molecule has 0 radical (unpaired) electrons. The van der Waals surface area contributed by atoms with Crippen LogP contribution in [-0.2, 0) is 0 Å². The highest BCUT2D eigenvalue weighted by atomic mass is 14.6. The largest absolute Gasteiger partial charge is 0.273 e. The fraction of sp³-hybridized carbons (Fsp3) is 0.545. The highest BCUT2D eigenvalue weighted by Crippen LogP contribution is 2.26. The summed E-state index contributed by atoms with van der Waals surface area (Å²) in [5.41, 5.74) is 1.52. The van der Waals surface area contributed by atoms with Gasteiger partial charge in [0.25, 0.3) is 0 Å². The van der Waals surface area contributed by atoms with E-state index in [9.17, 15) is 0 Å². The van der Waals surface area contributed by atoms with Gasteiger partial charge in [-0.3, -0.25) is 4.99 Å². The summed E-state index contributed by atoms with van der Waals surface area (Å²) in [5, 5.41) is 0. The van der Waals surface area contributed by atoms with Crippen LogP contribution < -0.4 is 0 Å². The van der Waals surface area contributed by atoms with Crippen LogP contribution in [0.3, 0.4) is 0 Å². The van der Waals surface area contributed by atoms with Gasteiger partial charge in [0, 0.05) is 6.20 Å². The molecule has 0 N–H and O–H groups in total. The van der Waals surface area contributed by atoms with E-state index in [4.69, 9.17) is 0 Å². The Morgan fingerprint density at radius 2 is 2.00 bits per heavy atom. The molecule has 12 heavy (non-hydrogen) atoms. The minimum Gasteiger partial charge on any atom is -0.273 e. The highest BCUT2D eigenvalue weighted by Gasteiger charge is 2.13. The molecule has 0 unspecified atom stereocenters. The van der Waals surface area contributed by atoms with Crippen molar-refractivity contribution >= 4 is 6.72 Å². The van der Waals surface area contributed by atoms with E-state index in [1.54, 1.807) is 6.20 Å². The summed E-state index contributed by atoms with van der Waals surface area (Å²) in [6, 6.07) is 0. The summed E-state index contributed by atoms with van der Waals surface area (Å²) in [6.07, 6.45) is 7.05. The van der Waals surface area contributed by atoms with Crippen LogP contribution in [0.2, 0.25) is 0 Å². The molecule has 0 amide bonds. The summed E-state index contributed by atoms with van der Waals surface area (Å²) in [4.78, 5) is 3.70. The Kier molecular flexibility index (Phi) is 4.57. The van der Waals surface area contributed by atoms with Crippen molar-refractivity contribution in [2.45, 2.75) is 34.1 Å². The first-order chi connectivity index (χ1) is 5.52. The zero-order chi connectivity index (χ0) is 9.61. The molecular formula is C11H19N. The number of allylic oxidation sites excluding steroid dienone is 3. The summed E-state index contributed by atoms with van der Waals surface area (Å²) < 4.78 is 0. The molecular weight excluding hydrogens is 146 g/mol. The number of hydrogen-bond donors (Lipinski definition) is 0. The van der Waals surface area contributed by atoms with Crippen LogP contribution in [-0.4, -0.2) is 6.72 Å². The van der Waals surface area contributed by atoms with Crippen molar-refractivity contribution in [2.24, 2.45) is 10.4 Å². The van der Waals surface area contributed by atoms with Crippen LogP contribution in [0.15, 0.2) is 28.9 Å². The van der Waals surface area contributed by atoms with Crippen molar-refractivity contribution in [3.05, 3.63) is 23.9 Å². The van der Waals surface area contributed by atoms with Crippen molar-refractivity contribution in [1.29, 1.82) is 0 Å². The van der Waals surface area contributed by atoms with Gasteiger partial charge in [0.05, 0.1) is 0 Å². The van der Waals surface area contributed by atoms with Crippen molar-refractivity contribution in [2.75, 3.05) is 0 Å².